The molecule has 1 aliphatic rings. The van der Waals surface area contributed by atoms with Crippen molar-refractivity contribution in [2.24, 2.45) is 5.73 Å². The first-order chi connectivity index (χ1) is 8.73. The van der Waals surface area contributed by atoms with Crippen LogP contribution in [0.4, 0.5) is 0 Å². The quantitative estimate of drug-likeness (QED) is 0.834. The average molecular weight is 250 g/mol. The molecule has 100 valence electrons. The standard InChI is InChI=1S/C14H22N2O2/c1-17-12-7-6-10-16-13(12)18-11-14(15)8-4-2-3-5-9-14/h6-7,10H,2-5,8-9,11,15H2,1H3. The molecule has 0 radical (unpaired) electrons. The third-order valence-corrected chi connectivity index (χ3v) is 3.55. The van der Waals surface area contributed by atoms with E-state index < -0.39 is 0 Å². The lowest BCUT2D eigenvalue weighted by atomic mass is 9.93. The topological polar surface area (TPSA) is 57.4 Å². The van der Waals surface area contributed by atoms with Crippen LogP contribution in [0.3, 0.4) is 0 Å². The molecule has 0 saturated heterocycles. The van der Waals surface area contributed by atoms with Crippen molar-refractivity contribution in [2.45, 2.75) is 44.1 Å². The fourth-order valence-electron chi connectivity index (χ4n) is 2.43. The van der Waals surface area contributed by atoms with Crippen LogP contribution in [0.15, 0.2) is 18.3 Å². The first-order valence-corrected chi connectivity index (χ1v) is 6.64. The van der Waals surface area contributed by atoms with Crippen molar-refractivity contribution < 1.29 is 9.47 Å². The predicted octanol–water partition coefficient (Wildman–Crippen LogP) is 2.52. The number of nitrogens with zero attached hydrogens (tertiary/aromatic N) is 1. The van der Waals surface area contributed by atoms with Gasteiger partial charge in [0.2, 0.25) is 0 Å². The molecule has 0 atom stereocenters. The summed E-state index contributed by atoms with van der Waals surface area (Å²) in [5, 5.41) is 0. The Bertz CT molecular complexity index is 374. The first-order valence-electron chi connectivity index (χ1n) is 6.64. The van der Waals surface area contributed by atoms with Gasteiger partial charge in [0.15, 0.2) is 5.75 Å². The van der Waals surface area contributed by atoms with Crippen molar-refractivity contribution in [2.75, 3.05) is 13.7 Å². The number of hydrogen-bond acceptors (Lipinski definition) is 4. The predicted molar refractivity (Wildman–Crippen MR) is 70.9 cm³/mol. The molecular formula is C14H22N2O2. The van der Waals surface area contributed by atoms with Gasteiger partial charge in [-0.1, -0.05) is 25.7 Å². The summed E-state index contributed by atoms with van der Waals surface area (Å²) in [5.41, 5.74) is 6.20. The van der Waals surface area contributed by atoms with Crippen molar-refractivity contribution in [1.82, 2.24) is 4.98 Å². The van der Waals surface area contributed by atoms with Gasteiger partial charge in [0.1, 0.15) is 6.61 Å². The molecule has 1 aromatic heterocycles. The maximum absolute atomic E-state index is 6.40. The number of aromatic nitrogens is 1. The van der Waals surface area contributed by atoms with Gasteiger partial charge in [0, 0.05) is 6.20 Å². The smallest absolute Gasteiger partial charge is 0.257 e. The summed E-state index contributed by atoms with van der Waals surface area (Å²) >= 11 is 0. The van der Waals surface area contributed by atoms with Gasteiger partial charge in [-0.15, -0.1) is 0 Å². The summed E-state index contributed by atoms with van der Waals surface area (Å²) < 4.78 is 11.0. The molecule has 2 N–H and O–H groups in total. The molecular weight excluding hydrogens is 228 g/mol. The highest BCUT2D eigenvalue weighted by Crippen LogP contribution is 2.28. The molecule has 0 unspecified atom stereocenters. The summed E-state index contributed by atoms with van der Waals surface area (Å²) in [7, 11) is 1.62. The van der Waals surface area contributed by atoms with Crippen molar-refractivity contribution in [1.29, 1.82) is 0 Å². The molecule has 1 aromatic rings. The number of ether oxygens (including phenoxy) is 2. The molecule has 0 aliphatic heterocycles. The van der Waals surface area contributed by atoms with E-state index in [9.17, 15) is 0 Å². The largest absolute Gasteiger partial charge is 0.491 e. The number of hydrogen-bond donors (Lipinski definition) is 1. The van der Waals surface area contributed by atoms with Gasteiger partial charge >= 0.3 is 0 Å². The summed E-state index contributed by atoms with van der Waals surface area (Å²) in [5.74, 6) is 1.20. The molecule has 4 nitrogen and oxygen atoms in total. The molecule has 4 heteroatoms. The zero-order valence-corrected chi connectivity index (χ0v) is 11.0. The van der Waals surface area contributed by atoms with Crippen LogP contribution in [0.5, 0.6) is 11.6 Å². The highest BCUT2D eigenvalue weighted by Gasteiger charge is 2.27. The summed E-state index contributed by atoms with van der Waals surface area (Å²) in [6.07, 6.45) is 8.72. The van der Waals surface area contributed by atoms with Gasteiger partial charge in [0.05, 0.1) is 12.6 Å². The lowest BCUT2D eigenvalue weighted by molar-refractivity contribution is 0.187. The summed E-state index contributed by atoms with van der Waals surface area (Å²) in [6.45, 7) is 0.514. The van der Waals surface area contributed by atoms with Crippen LogP contribution in [0.25, 0.3) is 0 Å². The van der Waals surface area contributed by atoms with Crippen molar-refractivity contribution in [3.05, 3.63) is 18.3 Å². The van der Waals surface area contributed by atoms with Crippen LogP contribution in [0.2, 0.25) is 0 Å². The number of rotatable bonds is 4. The van der Waals surface area contributed by atoms with Crippen LogP contribution >= 0.6 is 0 Å². The molecule has 1 heterocycles. The second-order valence-electron chi connectivity index (χ2n) is 5.08. The molecule has 0 aromatic carbocycles. The van der Waals surface area contributed by atoms with Gasteiger partial charge in [-0.3, -0.25) is 0 Å². The Labute approximate surface area is 108 Å². The van der Waals surface area contributed by atoms with Crippen LogP contribution in [-0.4, -0.2) is 24.2 Å². The third kappa shape index (κ3) is 3.35. The average Bonchev–Trinajstić information content (AvgIpc) is 2.62. The van der Waals surface area contributed by atoms with Gasteiger partial charge in [-0.05, 0) is 25.0 Å². The molecule has 0 spiro atoms. The van der Waals surface area contributed by atoms with Crippen LogP contribution in [-0.2, 0) is 0 Å². The highest BCUT2D eigenvalue weighted by atomic mass is 16.5. The zero-order chi connectivity index (χ0) is 12.8. The second-order valence-corrected chi connectivity index (χ2v) is 5.08. The van der Waals surface area contributed by atoms with Crippen molar-refractivity contribution in [3.63, 3.8) is 0 Å². The Hall–Kier alpha value is -1.29. The minimum absolute atomic E-state index is 0.209. The van der Waals surface area contributed by atoms with E-state index in [2.05, 4.69) is 4.98 Å². The van der Waals surface area contributed by atoms with E-state index in [4.69, 9.17) is 15.2 Å². The van der Waals surface area contributed by atoms with Crippen LogP contribution in [0, 0.1) is 0 Å². The number of pyridine rings is 1. The van der Waals surface area contributed by atoms with E-state index in [0.29, 0.717) is 18.2 Å². The van der Waals surface area contributed by atoms with Crippen molar-refractivity contribution >= 4 is 0 Å². The van der Waals surface area contributed by atoms with E-state index in [0.717, 1.165) is 12.8 Å². The maximum atomic E-state index is 6.40. The van der Waals surface area contributed by atoms with Gasteiger partial charge < -0.3 is 15.2 Å². The zero-order valence-electron chi connectivity index (χ0n) is 11.0. The molecule has 1 aliphatic carbocycles. The summed E-state index contributed by atoms with van der Waals surface area (Å²) in [4.78, 5) is 4.19. The molecule has 0 bridgehead atoms. The minimum atomic E-state index is -0.209. The third-order valence-electron chi connectivity index (χ3n) is 3.55. The van der Waals surface area contributed by atoms with Gasteiger partial charge in [-0.25, -0.2) is 4.98 Å². The highest BCUT2D eigenvalue weighted by molar-refractivity contribution is 5.32. The molecule has 1 saturated carbocycles. The van der Waals surface area contributed by atoms with Gasteiger partial charge in [-0.2, -0.15) is 0 Å². The van der Waals surface area contributed by atoms with E-state index in [-0.39, 0.29) is 5.54 Å². The van der Waals surface area contributed by atoms with Crippen molar-refractivity contribution in [3.8, 4) is 11.6 Å². The Morgan fingerprint density at radius 2 is 2.00 bits per heavy atom. The molecule has 18 heavy (non-hydrogen) atoms. The van der Waals surface area contributed by atoms with E-state index in [1.807, 2.05) is 12.1 Å². The van der Waals surface area contributed by atoms with Crippen LogP contribution in [0.1, 0.15) is 38.5 Å². The number of nitrogens with two attached hydrogens (primary N) is 1. The lowest BCUT2D eigenvalue weighted by Gasteiger charge is -2.27. The fraction of sp³-hybridized carbons (Fsp3) is 0.643. The Balaban J connectivity index is 1.97. The van der Waals surface area contributed by atoms with Gasteiger partial charge in [0.25, 0.3) is 5.88 Å². The first kappa shape index (κ1) is 13.1. The Kier molecular flexibility index (Phi) is 4.42. The van der Waals surface area contributed by atoms with E-state index >= 15 is 0 Å². The summed E-state index contributed by atoms with van der Waals surface area (Å²) in [6, 6.07) is 3.67. The molecule has 2 rings (SSSR count). The van der Waals surface area contributed by atoms with E-state index in [1.54, 1.807) is 13.3 Å². The maximum Gasteiger partial charge on any atom is 0.257 e. The normalized spacial score (nSPS) is 19.0. The Morgan fingerprint density at radius 1 is 1.28 bits per heavy atom. The molecule has 1 fully saturated rings. The SMILES string of the molecule is COc1cccnc1OCC1(N)CCCCCC1. The lowest BCUT2D eigenvalue weighted by Crippen LogP contribution is -2.45. The Morgan fingerprint density at radius 3 is 2.67 bits per heavy atom. The van der Waals surface area contributed by atoms with Crippen LogP contribution < -0.4 is 15.2 Å². The van der Waals surface area contributed by atoms with E-state index in [1.165, 1.54) is 25.7 Å². The number of methoxy groups -OCH3 is 1. The fourth-order valence-corrected chi connectivity index (χ4v) is 2.43. The monoisotopic (exact) mass is 250 g/mol. The molecule has 0 amide bonds. The second kappa shape index (κ2) is 6.05. The minimum Gasteiger partial charge on any atom is -0.491 e.